The summed E-state index contributed by atoms with van der Waals surface area (Å²) in [7, 11) is 0. The summed E-state index contributed by atoms with van der Waals surface area (Å²) in [6.07, 6.45) is 0. The van der Waals surface area contributed by atoms with E-state index >= 15 is 0 Å². The lowest BCUT2D eigenvalue weighted by molar-refractivity contribution is 0.473. The topological polar surface area (TPSA) is 57.2 Å². The highest BCUT2D eigenvalue weighted by atomic mass is 16.3. The maximum Gasteiger partial charge on any atom is 0.139 e. The largest absolute Gasteiger partial charge is 0.506 e. The van der Waals surface area contributed by atoms with Crippen molar-refractivity contribution in [3.63, 3.8) is 0 Å². The highest BCUT2D eigenvalue weighted by Gasteiger charge is 2.12. The molecule has 0 saturated carbocycles. The van der Waals surface area contributed by atoms with Gasteiger partial charge in [0.25, 0.3) is 0 Å². The van der Waals surface area contributed by atoms with Crippen molar-refractivity contribution in [2.45, 2.75) is 0 Å². The molecule has 22 heavy (non-hydrogen) atoms. The summed E-state index contributed by atoms with van der Waals surface area (Å²) < 4.78 is 5.83. The van der Waals surface area contributed by atoms with Crippen molar-refractivity contribution < 1.29 is 9.52 Å². The van der Waals surface area contributed by atoms with Crippen molar-refractivity contribution >= 4 is 21.9 Å². The number of hydrogen-bond donors (Lipinski definition) is 1. The summed E-state index contributed by atoms with van der Waals surface area (Å²) in [6, 6.07) is 21.2. The number of phenolic OH excluding ortho intramolecular Hbond substituents is 1. The van der Waals surface area contributed by atoms with Crippen molar-refractivity contribution in [3.05, 3.63) is 66.2 Å². The molecule has 3 nitrogen and oxygen atoms in total. The van der Waals surface area contributed by atoms with Gasteiger partial charge >= 0.3 is 0 Å². The lowest BCUT2D eigenvalue weighted by Crippen LogP contribution is -1.77. The van der Waals surface area contributed by atoms with E-state index in [0.717, 1.165) is 27.5 Å². The lowest BCUT2D eigenvalue weighted by Gasteiger charge is -2.00. The van der Waals surface area contributed by atoms with Crippen molar-refractivity contribution in [1.29, 1.82) is 5.26 Å². The number of nitrogens with zero attached hydrogens (tertiary/aromatic N) is 1. The molecule has 0 fully saturated rings. The van der Waals surface area contributed by atoms with E-state index in [-0.39, 0.29) is 11.3 Å². The number of hydrogen-bond acceptors (Lipinski definition) is 3. The molecule has 104 valence electrons. The molecule has 3 aromatic carbocycles. The molecule has 0 bridgehead atoms. The van der Waals surface area contributed by atoms with Gasteiger partial charge in [0, 0.05) is 16.8 Å². The fourth-order valence-corrected chi connectivity index (χ4v) is 2.71. The molecule has 0 atom stereocenters. The van der Waals surface area contributed by atoms with Crippen LogP contribution in [-0.2, 0) is 0 Å². The zero-order valence-corrected chi connectivity index (χ0v) is 11.6. The minimum atomic E-state index is -0.0580. The minimum Gasteiger partial charge on any atom is -0.506 e. The van der Waals surface area contributed by atoms with Gasteiger partial charge in [-0.25, -0.2) is 0 Å². The number of furan rings is 1. The van der Waals surface area contributed by atoms with Gasteiger partial charge in [0.1, 0.15) is 23.0 Å². The van der Waals surface area contributed by atoms with Gasteiger partial charge in [-0.05, 0) is 29.3 Å². The molecule has 3 heteroatoms. The van der Waals surface area contributed by atoms with Crippen LogP contribution in [0.4, 0.5) is 0 Å². The first-order valence-electron chi connectivity index (χ1n) is 6.91. The third-order valence-corrected chi connectivity index (χ3v) is 3.82. The molecular formula is C19H11NO2. The minimum absolute atomic E-state index is 0.0580. The highest BCUT2D eigenvalue weighted by Crippen LogP contribution is 2.35. The second-order valence-corrected chi connectivity index (χ2v) is 5.16. The van der Waals surface area contributed by atoms with Crippen LogP contribution in [0.3, 0.4) is 0 Å². The van der Waals surface area contributed by atoms with Gasteiger partial charge in [-0.15, -0.1) is 0 Å². The molecular weight excluding hydrogens is 274 g/mol. The van der Waals surface area contributed by atoms with E-state index < -0.39 is 0 Å². The zero-order valence-electron chi connectivity index (χ0n) is 11.6. The Bertz CT molecular complexity index is 1040. The van der Waals surface area contributed by atoms with Crippen LogP contribution in [-0.4, -0.2) is 5.11 Å². The van der Waals surface area contributed by atoms with E-state index in [1.807, 2.05) is 54.6 Å². The van der Waals surface area contributed by atoms with E-state index in [0.29, 0.717) is 5.58 Å². The molecule has 0 aliphatic rings. The Morgan fingerprint density at radius 2 is 1.59 bits per heavy atom. The first-order chi connectivity index (χ1) is 10.8. The van der Waals surface area contributed by atoms with E-state index in [1.54, 1.807) is 6.07 Å². The van der Waals surface area contributed by atoms with Crippen molar-refractivity contribution in [2.75, 3.05) is 0 Å². The first kappa shape index (κ1) is 12.5. The second kappa shape index (κ2) is 4.64. The molecule has 0 saturated heterocycles. The van der Waals surface area contributed by atoms with E-state index in [9.17, 15) is 5.11 Å². The Hall–Kier alpha value is -3.25. The Morgan fingerprint density at radius 3 is 2.36 bits per heavy atom. The third-order valence-electron chi connectivity index (χ3n) is 3.82. The first-order valence-corrected chi connectivity index (χ1v) is 6.91. The number of phenols is 1. The molecule has 0 amide bonds. The van der Waals surface area contributed by atoms with Crippen LogP contribution in [0.1, 0.15) is 5.56 Å². The highest BCUT2D eigenvalue weighted by molar-refractivity contribution is 6.06. The number of nitriles is 1. The monoisotopic (exact) mass is 285 g/mol. The van der Waals surface area contributed by atoms with Crippen molar-refractivity contribution in [1.82, 2.24) is 0 Å². The predicted molar refractivity (Wildman–Crippen MR) is 85.5 cm³/mol. The fourth-order valence-electron chi connectivity index (χ4n) is 2.71. The molecule has 1 aromatic heterocycles. The van der Waals surface area contributed by atoms with Crippen LogP contribution in [0.25, 0.3) is 33.1 Å². The van der Waals surface area contributed by atoms with Gasteiger partial charge < -0.3 is 9.52 Å². The molecule has 1 heterocycles. The molecule has 0 radical (unpaired) electrons. The fraction of sp³-hybridized carbons (Fsp3) is 0. The van der Waals surface area contributed by atoms with E-state index in [4.69, 9.17) is 9.68 Å². The second-order valence-electron chi connectivity index (χ2n) is 5.16. The van der Waals surface area contributed by atoms with Crippen LogP contribution >= 0.6 is 0 Å². The molecule has 1 N–H and O–H groups in total. The quantitative estimate of drug-likeness (QED) is 0.545. The summed E-state index contributed by atoms with van der Waals surface area (Å²) in [4.78, 5) is 0. The van der Waals surface area contributed by atoms with Crippen LogP contribution in [0.2, 0.25) is 0 Å². The van der Waals surface area contributed by atoms with Crippen LogP contribution in [0.15, 0.2) is 65.1 Å². The standard InChI is InChI=1S/C19H11NO2/c20-11-14-8-16-15-7-6-13(12-4-2-1-3-5-12)9-18(15)22-19(16)10-17(14)21/h1-10,21H. The number of benzene rings is 3. The van der Waals surface area contributed by atoms with Crippen LogP contribution in [0, 0.1) is 11.3 Å². The smallest absolute Gasteiger partial charge is 0.139 e. The average molecular weight is 285 g/mol. The van der Waals surface area contributed by atoms with Gasteiger partial charge in [0.05, 0.1) is 5.56 Å². The Morgan fingerprint density at radius 1 is 0.818 bits per heavy atom. The van der Waals surface area contributed by atoms with E-state index in [2.05, 4.69) is 0 Å². The average Bonchev–Trinajstić information content (AvgIpc) is 2.91. The molecule has 0 spiro atoms. The normalized spacial score (nSPS) is 10.9. The van der Waals surface area contributed by atoms with Gasteiger partial charge in [-0.1, -0.05) is 36.4 Å². The Balaban J connectivity index is 1.99. The Kier molecular flexibility index (Phi) is 2.64. The van der Waals surface area contributed by atoms with Gasteiger partial charge in [-0.3, -0.25) is 0 Å². The maximum atomic E-state index is 9.78. The zero-order chi connectivity index (χ0) is 15.1. The maximum absolute atomic E-state index is 9.78. The van der Waals surface area contributed by atoms with Gasteiger partial charge in [0.2, 0.25) is 0 Å². The van der Waals surface area contributed by atoms with E-state index in [1.165, 1.54) is 6.07 Å². The summed E-state index contributed by atoms with van der Waals surface area (Å²) in [5.74, 6) is -0.0580. The summed E-state index contributed by atoms with van der Waals surface area (Å²) in [5, 5.41) is 20.6. The molecule has 4 rings (SSSR count). The Labute approximate surface area is 126 Å². The third kappa shape index (κ3) is 1.82. The van der Waals surface area contributed by atoms with Gasteiger partial charge in [0.15, 0.2) is 0 Å². The summed E-state index contributed by atoms with van der Waals surface area (Å²) >= 11 is 0. The molecule has 0 unspecified atom stereocenters. The van der Waals surface area contributed by atoms with Crippen molar-refractivity contribution in [2.24, 2.45) is 0 Å². The summed E-state index contributed by atoms with van der Waals surface area (Å²) in [5.41, 5.74) is 3.76. The lowest BCUT2D eigenvalue weighted by atomic mass is 10.0. The molecule has 0 aliphatic carbocycles. The van der Waals surface area contributed by atoms with Crippen molar-refractivity contribution in [3.8, 4) is 22.9 Å². The molecule has 0 aliphatic heterocycles. The SMILES string of the molecule is N#Cc1cc2c(cc1O)oc1cc(-c3ccccc3)ccc12. The number of rotatable bonds is 1. The number of aromatic hydroxyl groups is 1. The van der Waals surface area contributed by atoms with Gasteiger partial charge in [-0.2, -0.15) is 5.26 Å². The predicted octanol–water partition coefficient (Wildman–Crippen LogP) is 4.83. The molecule has 4 aromatic rings. The van der Waals surface area contributed by atoms with Crippen LogP contribution in [0.5, 0.6) is 5.75 Å². The summed E-state index contributed by atoms with van der Waals surface area (Å²) in [6.45, 7) is 0. The van der Waals surface area contributed by atoms with Crippen LogP contribution < -0.4 is 0 Å². The number of fused-ring (bicyclic) bond motifs is 3.